The van der Waals surface area contributed by atoms with Gasteiger partial charge in [0.25, 0.3) is 5.91 Å². The van der Waals surface area contributed by atoms with E-state index in [1.807, 2.05) is 0 Å². The van der Waals surface area contributed by atoms with Crippen LogP contribution < -0.4 is 14.8 Å². The molecule has 1 atom stereocenters. The molecule has 6 nitrogen and oxygen atoms in total. The number of ether oxygens (including phenoxy) is 3. The fourth-order valence-electron chi connectivity index (χ4n) is 2.81. The van der Waals surface area contributed by atoms with Gasteiger partial charge < -0.3 is 19.5 Å². The molecule has 2 rings (SSSR count). The third-order valence-electron chi connectivity index (χ3n) is 4.23. The summed E-state index contributed by atoms with van der Waals surface area (Å²) in [4.78, 5) is 24.5. The number of methoxy groups -OCH3 is 2. The van der Waals surface area contributed by atoms with E-state index < -0.39 is 12.1 Å². The van der Waals surface area contributed by atoms with Crippen molar-refractivity contribution in [1.82, 2.24) is 5.32 Å². The summed E-state index contributed by atoms with van der Waals surface area (Å²) < 4.78 is 15.6. The van der Waals surface area contributed by atoms with Gasteiger partial charge in [-0.3, -0.25) is 4.79 Å². The van der Waals surface area contributed by atoms with E-state index in [4.69, 9.17) is 14.2 Å². The first-order valence-corrected chi connectivity index (χ1v) is 8.28. The Morgan fingerprint density at radius 1 is 1.12 bits per heavy atom. The molecule has 1 fully saturated rings. The second-order valence-electron chi connectivity index (χ2n) is 5.96. The maximum absolute atomic E-state index is 12.3. The van der Waals surface area contributed by atoms with Crippen molar-refractivity contribution in [2.75, 3.05) is 14.2 Å². The van der Waals surface area contributed by atoms with Gasteiger partial charge in [0.15, 0.2) is 6.10 Å². The van der Waals surface area contributed by atoms with Crippen molar-refractivity contribution in [1.29, 1.82) is 0 Å². The molecular formula is C18H25NO5. The van der Waals surface area contributed by atoms with E-state index in [2.05, 4.69) is 5.32 Å². The molecule has 1 aromatic carbocycles. The molecule has 24 heavy (non-hydrogen) atoms. The lowest BCUT2D eigenvalue weighted by Gasteiger charge is -2.24. The molecule has 1 saturated carbocycles. The van der Waals surface area contributed by atoms with Gasteiger partial charge in [0.1, 0.15) is 17.1 Å². The van der Waals surface area contributed by atoms with Crippen LogP contribution in [0.5, 0.6) is 11.5 Å². The molecule has 1 N–H and O–H groups in total. The lowest BCUT2D eigenvalue weighted by Crippen LogP contribution is -2.42. The molecule has 0 aliphatic heterocycles. The van der Waals surface area contributed by atoms with Crippen LogP contribution in [0.15, 0.2) is 18.2 Å². The minimum Gasteiger partial charge on any atom is -0.497 e. The molecule has 0 bridgehead atoms. The van der Waals surface area contributed by atoms with Crippen molar-refractivity contribution in [2.45, 2.75) is 51.2 Å². The second-order valence-corrected chi connectivity index (χ2v) is 5.96. The Hall–Kier alpha value is -2.24. The van der Waals surface area contributed by atoms with Crippen molar-refractivity contribution in [2.24, 2.45) is 0 Å². The summed E-state index contributed by atoms with van der Waals surface area (Å²) in [6.07, 6.45) is 4.59. The largest absolute Gasteiger partial charge is 0.497 e. The smallest absolute Gasteiger partial charge is 0.342 e. The first kappa shape index (κ1) is 18.1. The zero-order chi connectivity index (χ0) is 17.5. The van der Waals surface area contributed by atoms with E-state index in [1.54, 1.807) is 25.1 Å². The normalized spacial score (nSPS) is 16.1. The van der Waals surface area contributed by atoms with E-state index in [9.17, 15) is 9.59 Å². The molecule has 0 heterocycles. The average molecular weight is 335 g/mol. The number of carbonyl (C=O) groups excluding carboxylic acids is 2. The van der Waals surface area contributed by atoms with E-state index in [0.717, 1.165) is 25.7 Å². The van der Waals surface area contributed by atoms with Gasteiger partial charge >= 0.3 is 5.97 Å². The highest BCUT2D eigenvalue weighted by Gasteiger charge is 2.24. The monoisotopic (exact) mass is 335 g/mol. The van der Waals surface area contributed by atoms with Crippen LogP contribution in [0.4, 0.5) is 0 Å². The Balaban J connectivity index is 1.96. The quantitative estimate of drug-likeness (QED) is 0.809. The van der Waals surface area contributed by atoms with Gasteiger partial charge in [0.2, 0.25) is 0 Å². The Labute approximate surface area is 142 Å². The molecule has 0 aromatic heterocycles. The lowest BCUT2D eigenvalue weighted by atomic mass is 9.95. The number of benzene rings is 1. The van der Waals surface area contributed by atoms with Gasteiger partial charge in [-0.05, 0) is 31.9 Å². The van der Waals surface area contributed by atoms with Gasteiger partial charge in [0, 0.05) is 12.1 Å². The summed E-state index contributed by atoms with van der Waals surface area (Å²) in [7, 11) is 3.00. The van der Waals surface area contributed by atoms with Gasteiger partial charge in [-0.1, -0.05) is 19.3 Å². The van der Waals surface area contributed by atoms with Crippen LogP contribution in [0.3, 0.4) is 0 Å². The van der Waals surface area contributed by atoms with Crippen molar-refractivity contribution < 1.29 is 23.8 Å². The summed E-state index contributed by atoms with van der Waals surface area (Å²) in [6.45, 7) is 1.58. The van der Waals surface area contributed by atoms with E-state index >= 15 is 0 Å². The van der Waals surface area contributed by atoms with Crippen LogP contribution in [0, 0.1) is 0 Å². The maximum Gasteiger partial charge on any atom is 0.342 e. The lowest BCUT2D eigenvalue weighted by molar-refractivity contribution is -0.130. The second kappa shape index (κ2) is 8.57. The molecule has 1 aliphatic carbocycles. The van der Waals surface area contributed by atoms with Crippen molar-refractivity contribution in [3.8, 4) is 11.5 Å². The summed E-state index contributed by atoms with van der Waals surface area (Å²) in [6, 6.07) is 4.99. The molecule has 0 saturated heterocycles. The molecule has 0 radical (unpaired) electrons. The first-order valence-electron chi connectivity index (χ1n) is 8.28. The highest BCUT2D eigenvalue weighted by molar-refractivity contribution is 5.94. The van der Waals surface area contributed by atoms with Gasteiger partial charge in [-0.2, -0.15) is 0 Å². The molecule has 6 heteroatoms. The highest BCUT2D eigenvalue weighted by atomic mass is 16.5. The van der Waals surface area contributed by atoms with Crippen molar-refractivity contribution in [3.63, 3.8) is 0 Å². The Bertz CT molecular complexity index is 581. The number of rotatable bonds is 6. The number of amides is 1. The minimum atomic E-state index is -0.855. The Kier molecular flexibility index (Phi) is 6.46. The third-order valence-corrected chi connectivity index (χ3v) is 4.23. The third kappa shape index (κ3) is 4.63. The summed E-state index contributed by atoms with van der Waals surface area (Å²) >= 11 is 0. The fourth-order valence-corrected chi connectivity index (χ4v) is 2.81. The van der Waals surface area contributed by atoms with Gasteiger partial charge in [-0.25, -0.2) is 4.79 Å². The molecule has 0 spiro atoms. The molecule has 1 aromatic rings. The van der Waals surface area contributed by atoms with Crippen molar-refractivity contribution >= 4 is 11.9 Å². The molecule has 1 amide bonds. The standard InChI is InChI=1S/C18H25NO5/c1-12(17(20)19-13-7-5-4-6-8-13)24-18(21)15-10-9-14(22-2)11-16(15)23-3/h9-13H,4-8H2,1-3H3,(H,19,20). The predicted molar refractivity (Wildman–Crippen MR) is 89.4 cm³/mol. The summed E-state index contributed by atoms with van der Waals surface area (Å²) in [5.41, 5.74) is 0.260. The average Bonchev–Trinajstić information content (AvgIpc) is 2.61. The number of hydrogen-bond donors (Lipinski definition) is 1. The van der Waals surface area contributed by atoms with Crippen LogP contribution >= 0.6 is 0 Å². The zero-order valence-corrected chi connectivity index (χ0v) is 14.5. The summed E-state index contributed by atoms with van der Waals surface area (Å²) in [5, 5.41) is 2.95. The molecule has 1 aliphatic rings. The molecule has 132 valence electrons. The van der Waals surface area contributed by atoms with E-state index in [-0.39, 0.29) is 17.5 Å². The number of hydrogen-bond acceptors (Lipinski definition) is 5. The van der Waals surface area contributed by atoms with Crippen LogP contribution in [0.1, 0.15) is 49.4 Å². The van der Waals surface area contributed by atoms with E-state index in [0.29, 0.717) is 11.5 Å². The zero-order valence-electron chi connectivity index (χ0n) is 14.5. The first-order chi connectivity index (χ1) is 11.5. The Morgan fingerprint density at radius 3 is 2.46 bits per heavy atom. The fraction of sp³-hybridized carbons (Fsp3) is 0.556. The topological polar surface area (TPSA) is 73.9 Å². The predicted octanol–water partition coefficient (Wildman–Crippen LogP) is 2.70. The van der Waals surface area contributed by atoms with Crippen LogP contribution in [-0.4, -0.2) is 38.2 Å². The summed E-state index contributed by atoms with van der Waals surface area (Å²) in [5.74, 6) is 0.0641. The maximum atomic E-state index is 12.3. The highest BCUT2D eigenvalue weighted by Crippen LogP contribution is 2.25. The molecular weight excluding hydrogens is 310 g/mol. The van der Waals surface area contributed by atoms with Crippen LogP contribution in [0.2, 0.25) is 0 Å². The van der Waals surface area contributed by atoms with Crippen molar-refractivity contribution in [3.05, 3.63) is 23.8 Å². The number of nitrogens with one attached hydrogen (secondary N) is 1. The SMILES string of the molecule is COc1ccc(C(=O)OC(C)C(=O)NC2CCCCC2)c(OC)c1. The van der Waals surface area contributed by atoms with Gasteiger partial charge in [0.05, 0.1) is 14.2 Å². The van der Waals surface area contributed by atoms with Crippen LogP contribution in [0.25, 0.3) is 0 Å². The minimum absolute atomic E-state index is 0.183. The van der Waals surface area contributed by atoms with Gasteiger partial charge in [-0.15, -0.1) is 0 Å². The van der Waals surface area contributed by atoms with Crippen LogP contribution in [-0.2, 0) is 9.53 Å². The number of carbonyl (C=O) groups is 2. The Morgan fingerprint density at radius 2 is 1.83 bits per heavy atom. The number of esters is 1. The molecule has 1 unspecified atom stereocenters. The van der Waals surface area contributed by atoms with E-state index in [1.165, 1.54) is 20.6 Å².